The number of aromatic nitrogens is 2. The third-order valence-corrected chi connectivity index (χ3v) is 4.17. The summed E-state index contributed by atoms with van der Waals surface area (Å²) in [5.74, 6) is 0.998. The van der Waals surface area contributed by atoms with E-state index in [4.69, 9.17) is 11.6 Å². The van der Waals surface area contributed by atoms with Gasteiger partial charge in [-0.1, -0.05) is 13.8 Å². The number of halogens is 2. The monoisotopic (exact) mass is 266 g/mol. The third-order valence-electron chi connectivity index (χ3n) is 3.94. The molecule has 1 heterocycles. The molecule has 0 bridgehead atoms. The molecule has 96 valence electrons. The summed E-state index contributed by atoms with van der Waals surface area (Å²) < 4.78 is 15.8. The zero-order valence-electron chi connectivity index (χ0n) is 10.8. The van der Waals surface area contributed by atoms with Crippen molar-refractivity contribution < 1.29 is 4.39 Å². The van der Waals surface area contributed by atoms with E-state index in [1.165, 1.54) is 6.07 Å². The molecule has 2 nitrogen and oxygen atoms in total. The second-order valence-electron chi connectivity index (χ2n) is 5.83. The van der Waals surface area contributed by atoms with E-state index in [1.807, 2.05) is 6.07 Å². The van der Waals surface area contributed by atoms with E-state index in [0.717, 1.165) is 17.8 Å². The van der Waals surface area contributed by atoms with E-state index in [0.29, 0.717) is 23.0 Å². The summed E-state index contributed by atoms with van der Waals surface area (Å²) in [4.78, 5) is 4.45. The molecule has 18 heavy (non-hydrogen) atoms. The molecular weight excluding hydrogens is 251 g/mol. The molecule has 1 atom stereocenters. The summed E-state index contributed by atoms with van der Waals surface area (Å²) in [5, 5.41) is 0. The summed E-state index contributed by atoms with van der Waals surface area (Å²) in [6.45, 7) is 6.25. The zero-order valence-corrected chi connectivity index (χ0v) is 11.6. The highest BCUT2D eigenvalue weighted by atomic mass is 35.5. The molecule has 4 heteroatoms. The molecule has 0 amide bonds. The molecule has 3 rings (SSSR count). The van der Waals surface area contributed by atoms with Crippen LogP contribution in [0.4, 0.5) is 4.39 Å². The third kappa shape index (κ3) is 1.64. The summed E-state index contributed by atoms with van der Waals surface area (Å²) in [5.41, 5.74) is 2.65. The van der Waals surface area contributed by atoms with Crippen LogP contribution >= 0.6 is 11.6 Å². The average Bonchev–Trinajstić information content (AvgIpc) is 2.78. The Morgan fingerprint density at radius 2 is 2.17 bits per heavy atom. The number of benzene rings is 1. The molecule has 0 spiro atoms. The predicted octanol–water partition coefficient (Wildman–Crippen LogP) is 4.19. The summed E-state index contributed by atoms with van der Waals surface area (Å²) in [6.07, 6.45) is 1.12. The van der Waals surface area contributed by atoms with Crippen molar-refractivity contribution in [3.63, 3.8) is 0 Å². The second kappa shape index (κ2) is 3.70. The summed E-state index contributed by atoms with van der Waals surface area (Å²) in [7, 11) is 0. The van der Waals surface area contributed by atoms with Crippen LogP contribution in [0.3, 0.4) is 0 Å². The van der Waals surface area contributed by atoms with Crippen LogP contribution in [0.2, 0.25) is 0 Å². The zero-order chi connectivity index (χ0) is 13.1. The molecule has 0 radical (unpaired) electrons. The van der Waals surface area contributed by atoms with Crippen LogP contribution in [0, 0.1) is 18.2 Å². The van der Waals surface area contributed by atoms with Gasteiger partial charge in [0.05, 0.1) is 16.9 Å². The number of hydrogen-bond donors (Lipinski definition) is 0. The van der Waals surface area contributed by atoms with Crippen molar-refractivity contribution >= 4 is 22.6 Å². The highest BCUT2D eigenvalue weighted by Crippen LogP contribution is 2.56. The first-order valence-electron chi connectivity index (χ1n) is 6.17. The number of rotatable bonds is 2. The first-order chi connectivity index (χ1) is 8.44. The van der Waals surface area contributed by atoms with Gasteiger partial charge in [0.2, 0.25) is 0 Å². The average molecular weight is 267 g/mol. The van der Waals surface area contributed by atoms with Crippen LogP contribution < -0.4 is 0 Å². The van der Waals surface area contributed by atoms with Gasteiger partial charge in [0.15, 0.2) is 0 Å². The maximum atomic E-state index is 13.6. The molecule has 0 saturated heterocycles. The maximum Gasteiger partial charge on any atom is 0.128 e. The first kappa shape index (κ1) is 12.0. The fourth-order valence-corrected chi connectivity index (χ4v) is 2.78. The van der Waals surface area contributed by atoms with Gasteiger partial charge < -0.3 is 4.57 Å². The molecule has 0 aliphatic heterocycles. The Balaban J connectivity index is 2.25. The quantitative estimate of drug-likeness (QED) is 0.745. The number of alkyl halides is 1. The number of nitrogens with zero attached hydrogens (tertiary/aromatic N) is 2. The van der Waals surface area contributed by atoms with Gasteiger partial charge in [-0.15, -0.1) is 11.6 Å². The maximum absolute atomic E-state index is 13.6. The van der Waals surface area contributed by atoms with E-state index >= 15 is 0 Å². The molecule has 2 aromatic rings. The fourth-order valence-electron chi connectivity index (χ4n) is 2.59. The first-order valence-corrected chi connectivity index (χ1v) is 6.70. The van der Waals surface area contributed by atoms with Gasteiger partial charge in [0.1, 0.15) is 11.6 Å². The van der Waals surface area contributed by atoms with Crippen LogP contribution in [-0.4, -0.2) is 9.55 Å². The molecule has 1 aliphatic carbocycles. The molecule has 1 aromatic heterocycles. The van der Waals surface area contributed by atoms with Gasteiger partial charge in [-0.05, 0) is 30.4 Å². The number of hydrogen-bond acceptors (Lipinski definition) is 1. The van der Waals surface area contributed by atoms with Gasteiger partial charge >= 0.3 is 0 Å². The lowest BCUT2D eigenvalue weighted by molar-refractivity contribution is 0.540. The SMILES string of the molecule is Cc1cc2c(cc1F)nc(CCl)n2C1CC1(C)C. The highest BCUT2D eigenvalue weighted by molar-refractivity contribution is 6.16. The van der Waals surface area contributed by atoms with Gasteiger partial charge in [0.25, 0.3) is 0 Å². The van der Waals surface area contributed by atoms with Crippen LogP contribution in [-0.2, 0) is 5.88 Å². The van der Waals surface area contributed by atoms with Crippen molar-refractivity contribution in [1.82, 2.24) is 9.55 Å². The highest BCUT2D eigenvalue weighted by Gasteiger charge is 2.48. The topological polar surface area (TPSA) is 17.8 Å². The van der Waals surface area contributed by atoms with Crippen LogP contribution in [0.15, 0.2) is 12.1 Å². The lowest BCUT2D eigenvalue weighted by Crippen LogP contribution is -2.04. The van der Waals surface area contributed by atoms with Gasteiger partial charge in [-0.3, -0.25) is 0 Å². The van der Waals surface area contributed by atoms with Crippen molar-refractivity contribution in [3.05, 3.63) is 29.3 Å². The Morgan fingerprint density at radius 1 is 1.50 bits per heavy atom. The minimum absolute atomic E-state index is 0.205. The molecule has 1 unspecified atom stereocenters. The number of aryl methyl sites for hydroxylation is 1. The lowest BCUT2D eigenvalue weighted by Gasteiger charge is -2.10. The van der Waals surface area contributed by atoms with Crippen molar-refractivity contribution in [2.75, 3.05) is 0 Å². The number of fused-ring (bicyclic) bond motifs is 1. The fraction of sp³-hybridized carbons (Fsp3) is 0.500. The smallest absolute Gasteiger partial charge is 0.128 e. The van der Waals surface area contributed by atoms with Gasteiger partial charge in [-0.25, -0.2) is 9.37 Å². The van der Waals surface area contributed by atoms with E-state index in [2.05, 4.69) is 23.4 Å². The van der Waals surface area contributed by atoms with Crippen molar-refractivity contribution in [2.24, 2.45) is 5.41 Å². The normalized spacial score (nSPS) is 21.5. The second-order valence-corrected chi connectivity index (χ2v) is 6.10. The predicted molar refractivity (Wildman–Crippen MR) is 71.4 cm³/mol. The van der Waals surface area contributed by atoms with Crippen molar-refractivity contribution in [3.8, 4) is 0 Å². The Hall–Kier alpha value is -1.09. The minimum atomic E-state index is -0.205. The Kier molecular flexibility index (Phi) is 2.46. The molecule has 1 fully saturated rings. The molecule has 1 saturated carbocycles. The van der Waals surface area contributed by atoms with Crippen molar-refractivity contribution in [2.45, 2.75) is 39.1 Å². The summed E-state index contributed by atoms with van der Waals surface area (Å²) >= 11 is 5.97. The van der Waals surface area contributed by atoms with E-state index < -0.39 is 0 Å². The Morgan fingerprint density at radius 3 is 2.72 bits per heavy atom. The minimum Gasteiger partial charge on any atom is -0.323 e. The lowest BCUT2D eigenvalue weighted by atomic mass is 10.1. The van der Waals surface area contributed by atoms with Gasteiger partial charge in [0, 0.05) is 12.1 Å². The van der Waals surface area contributed by atoms with Crippen LogP contribution in [0.1, 0.15) is 37.7 Å². The van der Waals surface area contributed by atoms with E-state index in [1.54, 1.807) is 6.92 Å². The van der Waals surface area contributed by atoms with Gasteiger partial charge in [-0.2, -0.15) is 0 Å². The Bertz CT molecular complexity index is 630. The Labute approximate surface area is 111 Å². The van der Waals surface area contributed by atoms with E-state index in [-0.39, 0.29) is 11.2 Å². The molecule has 1 aliphatic rings. The standard InChI is InChI=1S/C14H16ClFN2/c1-8-4-11-10(5-9(8)16)17-13(7-15)18(11)12-6-14(12,2)3/h4-5,12H,6-7H2,1-3H3. The van der Waals surface area contributed by atoms with E-state index in [9.17, 15) is 4.39 Å². The van der Waals surface area contributed by atoms with Crippen LogP contribution in [0.25, 0.3) is 11.0 Å². The number of imidazole rings is 1. The van der Waals surface area contributed by atoms with Crippen molar-refractivity contribution in [1.29, 1.82) is 0 Å². The summed E-state index contributed by atoms with van der Waals surface area (Å²) in [6, 6.07) is 3.82. The molecular formula is C14H16ClFN2. The molecule has 1 aromatic carbocycles. The molecule has 0 N–H and O–H groups in total. The van der Waals surface area contributed by atoms with Crippen LogP contribution in [0.5, 0.6) is 0 Å². The largest absolute Gasteiger partial charge is 0.323 e.